The predicted molar refractivity (Wildman–Crippen MR) is 89.3 cm³/mol. The molecule has 0 spiro atoms. The van der Waals surface area contributed by atoms with Crippen LogP contribution in [-0.2, 0) is 0 Å². The summed E-state index contributed by atoms with van der Waals surface area (Å²) in [7, 11) is 0. The number of nitrogens with one attached hydrogen (secondary N) is 1. The fourth-order valence-corrected chi connectivity index (χ4v) is 3.05. The number of nitrogens with zero attached hydrogens (tertiary/aromatic N) is 1. The lowest BCUT2D eigenvalue weighted by Crippen LogP contribution is -2.16. The minimum atomic E-state index is -0.0427. The zero-order valence-corrected chi connectivity index (χ0v) is 12.5. The fraction of sp³-hybridized carbons (Fsp3) is 0.0556. The Kier molecular flexibility index (Phi) is 3.01. The maximum Gasteiger partial charge on any atom is 0.256 e. The van der Waals surface area contributed by atoms with Gasteiger partial charge in [0.2, 0.25) is 0 Å². The molecule has 1 aliphatic carbocycles. The van der Waals surface area contributed by atoms with Gasteiger partial charge in [0.25, 0.3) is 5.56 Å². The highest BCUT2D eigenvalue weighted by atomic mass is 35.5. The Morgan fingerprint density at radius 2 is 2.05 bits per heavy atom. The lowest BCUT2D eigenvalue weighted by atomic mass is 9.97. The van der Waals surface area contributed by atoms with E-state index in [-0.39, 0.29) is 5.56 Å². The van der Waals surface area contributed by atoms with E-state index in [4.69, 9.17) is 11.6 Å². The van der Waals surface area contributed by atoms with Gasteiger partial charge in [0, 0.05) is 34.4 Å². The van der Waals surface area contributed by atoms with E-state index in [9.17, 15) is 4.79 Å². The average Bonchev–Trinajstić information content (AvgIpc) is 2.68. The summed E-state index contributed by atoms with van der Waals surface area (Å²) in [6.45, 7) is 0. The summed E-state index contributed by atoms with van der Waals surface area (Å²) < 4.78 is 0. The van der Waals surface area contributed by atoms with Crippen LogP contribution in [0, 0.1) is 0 Å². The molecule has 0 bridgehead atoms. The van der Waals surface area contributed by atoms with Gasteiger partial charge in [0.1, 0.15) is 0 Å². The number of hydrogen-bond acceptors (Lipinski definition) is 2. The molecule has 108 valence electrons. The molecule has 0 aromatic heterocycles. The number of aromatic amines is 1. The zero-order valence-electron chi connectivity index (χ0n) is 11.7. The van der Waals surface area contributed by atoms with Crippen molar-refractivity contribution in [3.05, 3.63) is 87.6 Å². The van der Waals surface area contributed by atoms with Gasteiger partial charge in [-0.25, -0.2) is 0 Å². The van der Waals surface area contributed by atoms with Crippen LogP contribution in [0.1, 0.15) is 12.0 Å². The van der Waals surface area contributed by atoms with Crippen LogP contribution in [0.3, 0.4) is 0 Å². The van der Waals surface area contributed by atoms with Crippen molar-refractivity contribution in [2.75, 3.05) is 0 Å². The number of halogens is 1. The topological polar surface area (TPSA) is 36.1 Å². The third-order valence-corrected chi connectivity index (χ3v) is 4.14. The molecule has 0 radical (unpaired) electrons. The zero-order chi connectivity index (χ0) is 15.1. The molecule has 0 saturated carbocycles. The smallest absolute Gasteiger partial charge is 0.256 e. The quantitative estimate of drug-likeness (QED) is 0.862. The molecule has 0 aromatic rings. The molecular weight excluding hydrogens is 296 g/mol. The normalized spacial score (nSPS) is 17.0. The molecule has 3 aliphatic heterocycles. The lowest BCUT2D eigenvalue weighted by Gasteiger charge is -2.25. The van der Waals surface area contributed by atoms with E-state index in [0.29, 0.717) is 11.5 Å². The molecule has 0 aromatic carbocycles. The minimum absolute atomic E-state index is 0.0427. The van der Waals surface area contributed by atoms with Crippen molar-refractivity contribution in [2.45, 2.75) is 6.42 Å². The first-order valence-corrected chi connectivity index (χ1v) is 7.46. The first-order valence-electron chi connectivity index (χ1n) is 7.08. The maximum absolute atomic E-state index is 12.4. The van der Waals surface area contributed by atoms with Gasteiger partial charge < -0.3 is 9.88 Å². The van der Waals surface area contributed by atoms with Gasteiger partial charge in [0.15, 0.2) is 0 Å². The molecule has 3 nitrogen and oxygen atoms in total. The summed E-state index contributed by atoms with van der Waals surface area (Å²) in [4.78, 5) is 17.3. The molecule has 22 heavy (non-hydrogen) atoms. The van der Waals surface area contributed by atoms with Crippen LogP contribution < -0.4 is 5.56 Å². The van der Waals surface area contributed by atoms with Gasteiger partial charge in [-0.15, -0.1) is 0 Å². The number of allylic oxidation sites excluding steroid dienone is 5. The van der Waals surface area contributed by atoms with Gasteiger partial charge in [-0.3, -0.25) is 4.79 Å². The lowest BCUT2D eigenvalue weighted by molar-refractivity contribution is 0.633. The van der Waals surface area contributed by atoms with E-state index in [0.717, 1.165) is 28.1 Å². The predicted octanol–water partition coefficient (Wildman–Crippen LogP) is 4.06. The van der Waals surface area contributed by atoms with E-state index in [2.05, 4.69) is 11.1 Å². The Hall–Kier alpha value is -2.52. The molecular formula is C18H13ClN2O. The van der Waals surface area contributed by atoms with Crippen molar-refractivity contribution in [1.29, 1.82) is 0 Å². The van der Waals surface area contributed by atoms with Crippen LogP contribution in [0.5, 0.6) is 0 Å². The first-order chi connectivity index (χ1) is 10.7. The van der Waals surface area contributed by atoms with Crippen LogP contribution in [0.25, 0.3) is 16.8 Å². The van der Waals surface area contributed by atoms with Crippen molar-refractivity contribution in [2.24, 2.45) is 0 Å². The third kappa shape index (κ3) is 2.11. The van der Waals surface area contributed by atoms with Crippen molar-refractivity contribution in [1.82, 2.24) is 9.88 Å². The molecule has 0 saturated heterocycles. The fourth-order valence-electron chi connectivity index (χ4n) is 2.89. The summed E-state index contributed by atoms with van der Waals surface area (Å²) in [6.07, 6.45) is 10.5. The Morgan fingerprint density at radius 1 is 1.18 bits per heavy atom. The largest absolute Gasteiger partial charge is 0.324 e. The number of H-pyrrole nitrogens is 1. The first kappa shape index (κ1) is 13.2. The monoisotopic (exact) mass is 308 g/mol. The SMILES string of the molecule is O=c1[nH]c2cccccc-2c1C1=CN2C=CC(Cl)=CC2=CC1. The highest BCUT2D eigenvalue weighted by Crippen LogP contribution is 2.33. The minimum Gasteiger partial charge on any atom is -0.324 e. The van der Waals surface area contributed by atoms with E-state index in [1.165, 1.54) is 0 Å². The van der Waals surface area contributed by atoms with Crippen LogP contribution >= 0.6 is 11.6 Å². The van der Waals surface area contributed by atoms with Crippen LogP contribution in [0.2, 0.25) is 0 Å². The third-order valence-electron chi connectivity index (χ3n) is 3.91. The average molecular weight is 309 g/mol. The molecule has 4 rings (SSSR count). The van der Waals surface area contributed by atoms with E-state index >= 15 is 0 Å². The molecule has 3 heterocycles. The molecule has 4 heteroatoms. The Bertz CT molecular complexity index is 901. The summed E-state index contributed by atoms with van der Waals surface area (Å²) in [5.41, 5.74) is 4.55. The molecule has 0 amide bonds. The van der Waals surface area contributed by atoms with Crippen LogP contribution in [-0.4, -0.2) is 9.88 Å². The molecule has 4 aliphatic rings. The van der Waals surface area contributed by atoms with Gasteiger partial charge in [-0.05, 0) is 30.2 Å². The number of aromatic nitrogens is 1. The summed E-state index contributed by atoms with van der Waals surface area (Å²) in [5, 5.41) is 0.711. The molecule has 1 N–H and O–H groups in total. The molecule has 0 atom stereocenters. The standard InChI is InChI=1S/C18H13ClN2O/c19-13-8-9-21-11-12(6-7-14(21)10-13)17-15-4-2-1-3-5-16(15)20-18(17)22/h1-5,7-11H,6H2,(H,20,22). The van der Waals surface area contributed by atoms with Crippen molar-refractivity contribution < 1.29 is 0 Å². The van der Waals surface area contributed by atoms with Gasteiger partial charge in [-0.1, -0.05) is 41.9 Å². The van der Waals surface area contributed by atoms with Crippen molar-refractivity contribution in [3.8, 4) is 11.3 Å². The van der Waals surface area contributed by atoms with Gasteiger partial charge >= 0.3 is 0 Å². The highest BCUT2D eigenvalue weighted by molar-refractivity contribution is 6.31. The second-order valence-electron chi connectivity index (χ2n) is 5.31. The molecule has 0 fully saturated rings. The Balaban J connectivity index is 1.81. The van der Waals surface area contributed by atoms with E-state index < -0.39 is 0 Å². The van der Waals surface area contributed by atoms with Gasteiger partial charge in [-0.2, -0.15) is 0 Å². The van der Waals surface area contributed by atoms with E-state index in [1.807, 2.05) is 59.8 Å². The van der Waals surface area contributed by atoms with Crippen molar-refractivity contribution >= 4 is 17.2 Å². The summed E-state index contributed by atoms with van der Waals surface area (Å²) in [5.74, 6) is 0. The summed E-state index contributed by atoms with van der Waals surface area (Å²) in [6, 6.07) is 9.73. The molecule has 0 unspecified atom stereocenters. The number of fused-ring (bicyclic) bond motifs is 2. The summed E-state index contributed by atoms with van der Waals surface area (Å²) >= 11 is 6.02. The Morgan fingerprint density at radius 3 is 2.95 bits per heavy atom. The Labute approximate surface area is 132 Å². The van der Waals surface area contributed by atoms with Crippen molar-refractivity contribution in [3.63, 3.8) is 0 Å². The van der Waals surface area contributed by atoms with Crippen LogP contribution in [0.15, 0.2) is 76.5 Å². The van der Waals surface area contributed by atoms with Crippen LogP contribution in [0.4, 0.5) is 0 Å². The number of rotatable bonds is 1. The highest BCUT2D eigenvalue weighted by Gasteiger charge is 2.21. The second-order valence-corrected chi connectivity index (χ2v) is 5.74. The second kappa shape index (κ2) is 5.04. The van der Waals surface area contributed by atoms with Gasteiger partial charge in [0.05, 0.1) is 5.56 Å². The van der Waals surface area contributed by atoms with E-state index in [1.54, 1.807) is 0 Å². The number of hydrogen-bond donors (Lipinski definition) is 1. The maximum atomic E-state index is 12.4.